The first kappa shape index (κ1) is 19.6. The summed E-state index contributed by atoms with van der Waals surface area (Å²) in [6, 6.07) is 14.5. The maximum absolute atomic E-state index is 12.9. The number of anilines is 1. The predicted molar refractivity (Wildman–Crippen MR) is 155 cm³/mol. The van der Waals surface area contributed by atoms with Gasteiger partial charge in [0.05, 0.1) is 0 Å². The van der Waals surface area contributed by atoms with E-state index in [0.717, 1.165) is 52.0 Å². The van der Waals surface area contributed by atoms with Gasteiger partial charge in [0.2, 0.25) is 0 Å². The lowest BCUT2D eigenvalue weighted by atomic mass is 9.93. The van der Waals surface area contributed by atoms with E-state index in [9.17, 15) is 10.1 Å². The van der Waals surface area contributed by atoms with E-state index in [1.807, 2.05) is 26.1 Å². The molecule has 4 heterocycles. The molecule has 8 heteroatoms. The van der Waals surface area contributed by atoms with Crippen molar-refractivity contribution in [2.45, 2.75) is 26.3 Å². The molecule has 1 atom stereocenters. The zero-order valence-electron chi connectivity index (χ0n) is 28.1. The lowest BCUT2D eigenvalue weighted by Gasteiger charge is -2.32. The van der Waals surface area contributed by atoms with E-state index in [0.29, 0.717) is 12.1 Å². The van der Waals surface area contributed by atoms with E-state index < -0.39 is 19.9 Å². The molecule has 3 aromatic heterocycles. The molecule has 39 heavy (non-hydrogen) atoms. The number of fused-ring (bicyclic) bond motifs is 1. The summed E-state index contributed by atoms with van der Waals surface area (Å²) >= 11 is 0. The number of nitrogens with zero attached hydrogens (tertiary/aromatic N) is 6. The number of nitrogen functional groups attached to an aromatic ring is 1. The van der Waals surface area contributed by atoms with Gasteiger partial charge in [0.25, 0.3) is 5.91 Å². The third kappa shape index (κ3) is 4.77. The standard InChI is InChI=1S/C31H33N7O/c1-19-16-22(31(39)36(3)4)6-7-23(19)21-11-14-38(15-12-21)20(2)28-17-26-24(10-13-34-30(26)37(28)5)25-8-9-29(33)35-27(25)18-32/h6-11,13,16-17,20H,12,14-15H2,1-5H3,(H2,33,35)/t20-/m0/s1/i3D3,4D3. The van der Waals surface area contributed by atoms with E-state index in [2.05, 4.69) is 44.6 Å². The van der Waals surface area contributed by atoms with Crippen molar-refractivity contribution in [2.75, 3.05) is 32.8 Å². The molecular weight excluding hydrogens is 486 g/mol. The first-order valence-electron chi connectivity index (χ1n) is 15.6. The molecule has 5 rings (SSSR count). The molecule has 1 aliphatic rings. The van der Waals surface area contributed by atoms with Gasteiger partial charge in [-0.2, -0.15) is 5.26 Å². The summed E-state index contributed by atoms with van der Waals surface area (Å²) in [7, 11) is 1.98. The van der Waals surface area contributed by atoms with Gasteiger partial charge in [0.15, 0.2) is 5.69 Å². The molecular formula is C31H33N7O. The number of pyridine rings is 2. The highest BCUT2D eigenvalue weighted by Crippen LogP contribution is 2.35. The second kappa shape index (κ2) is 10.4. The SMILES string of the molecule is [2H]C([2H])([2H])N(C(=O)c1ccc(C2=CCN([C@@H](C)c3cc4c(-c5ccc(N)nc5C#N)ccnc4n3C)CC2)c(C)c1)C([2H])([2H])[2H]. The highest BCUT2D eigenvalue weighted by atomic mass is 16.2. The van der Waals surface area contributed by atoms with Crippen molar-refractivity contribution in [3.63, 3.8) is 0 Å². The second-order valence-electron chi connectivity index (χ2n) is 9.79. The van der Waals surface area contributed by atoms with Gasteiger partial charge in [-0.1, -0.05) is 12.1 Å². The van der Waals surface area contributed by atoms with E-state index in [4.69, 9.17) is 14.0 Å². The largest absolute Gasteiger partial charge is 0.384 e. The van der Waals surface area contributed by atoms with Crippen LogP contribution in [0.5, 0.6) is 0 Å². The Labute approximate surface area is 237 Å². The molecule has 0 saturated carbocycles. The Morgan fingerprint density at radius 2 is 1.97 bits per heavy atom. The van der Waals surface area contributed by atoms with E-state index in [1.54, 1.807) is 24.4 Å². The summed E-state index contributed by atoms with van der Waals surface area (Å²) in [6.07, 6.45) is 4.61. The molecule has 0 bridgehead atoms. The lowest BCUT2D eigenvalue weighted by molar-refractivity contribution is 0.0827. The fourth-order valence-electron chi connectivity index (χ4n) is 5.41. The van der Waals surface area contributed by atoms with Gasteiger partial charge >= 0.3 is 0 Å². The maximum Gasteiger partial charge on any atom is 0.253 e. The molecule has 0 unspecified atom stereocenters. The highest BCUT2D eigenvalue weighted by molar-refractivity contribution is 5.95. The first-order valence-corrected chi connectivity index (χ1v) is 12.6. The van der Waals surface area contributed by atoms with Gasteiger partial charge in [-0.15, -0.1) is 0 Å². The van der Waals surface area contributed by atoms with Crippen molar-refractivity contribution < 1.29 is 13.0 Å². The zero-order chi connectivity index (χ0) is 32.8. The van der Waals surface area contributed by atoms with Gasteiger partial charge in [0, 0.05) is 76.8 Å². The number of aryl methyl sites for hydroxylation is 2. The van der Waals surface area contributed by atoms with E-state index >= 15 is 0 Å². The van der Waals surface area contributed by atoms with Crippen LogP contribution in [0.1, 0.15) is 60.5 Å². The minimum Gasteiger partial charge on any atom is -0.384 e. The Hall–Kier alpha value is -4.48. The molecule has 1 aromatic carbocycles. The normalized spacial score (nSPS) is 17.5. The molecule has 0 saturated heterocycles. The Balaban J connectivity index is 1.38. The smallest absolute Gasteiger partial charge is 0.253 e. The van der Waals surface area contributed by atoms with Crippen LogP contribution in [0.2, 0.25) is 0 Å². The summed E-state index contributed by atoms with van der Waals surface area (Å²) in [4.78, 5) is 24.1. The first-order chi connectivity index (χ1) is 21.1. The second-order valence-corrected chi connectivity index (χ2v) is 9.79. The van der Waals surface area contributed by atoms with Gasteiger partial charge in [-0.25, -0.2) is 9.97 Å². The third-order valence-corrected chi connectivity index (χ3v) is 7.52. The number of hydrogen-bond acceptors (Lipinski definition) is 6. The fourth-order valence-corrected chi connectivity index (χ4v) is 5.41. The Morgan fingerprint density at radius 1 is 1.18 bits per heavy atom. The number of benzene rings is 1. The summed E-state index contributed by atoms with van der Waals surface area (Å²) in [5.41, 5.74) is 12.3. The number of rotatable bonds is 5. The molecule has 0 fully saturated rings. The number of hydrogen-bond donors (Lipinski definition) is 1. The van der Waals surface area contributed by atoms with Crippen molar-refractivity contribution in [1.82, 2.24) is 24.3 Å². The summed E-state index contributed by atoms with van der Waals surface area (Å²) < 4.78 is 47.4. The van der Waals surface area contributed by atoms with Gasteiger partial charge in [-0.05, 0) is 78.9 Å². The molecule has 0 radical (unpaired) electrons. The van der Waals surface area contributed by atoms with Crippen molar-refractivity contribution in [2.24, 2.45) is 7.05 Å². The Kier molecular flexibility index (Phi) is 5.19. The molecule has 1 amide bonds. The maximum atomic E-state index is 12.9. The van der Waals surface area contributed by atoms with Crippen LogP contribution in [0, 0.1) is 18.3 Å². The van der Waals surface area contributed by atoms with Crippen molar-refractivity contribution >= 4 is 28.3 Å². The number of amides is 1. The average molecular weight is 526 g/mol. The summed E-state index contributed by atoms with van der Waals surface area (Å²) in [6.45, 7) is -0.797. The molecule has 4 aromatic rings. The Bertz CT molecular complexity index is 1860. The number of aromatic nitrogens is 3. The molecule has 2 N–H and O–H groups in total. The zero-order valence-corrected chi connectivity index (χ0v) is 22.1. The van der Waals surface area contributed by atoms with Crippen LogP contribution in [0.15, 0.2) is 54.7 Å². The third-order valence-electron chi connectivity index (χ3n) is 7.52. The number of nitrogens with two attached hydrogens (primary N) is 1. The average Bonchev–Trinajstić information content (AvgIpc) is 3.31. The predicted octanol–water partition coefficient (Wildman–Crippen LogP) is 4.95. The summed E-state index contributed by atoms with van der Waals surface area (Å²) in [5, 5.41) is 10.6. The molecule has 1 aliphatic heterocycles. The lowest BCUT2D eigenvalue weighted by Crippen LogP contribution is -2.32. The minimum atomic E-state index is -3.10. The Morgan fingerprint density at radius 3 is 2.67 bits per heavy atom. The van der Waals surface area contributed by atoms with Crippen molar-refractivity contribution in [3.05, 3.63) is 82.8 Å². The van der Waals surface area contributed by atoms with Crippen LogP contribution in [0.25, 0.3) is 27.7 Å². The van der Waals surface area contributed by atoms with Crippen LogP contribution in [0.4, 0.5) is 5.82 Å². The highest BCUT2D eigenvalue weighted by Gasteiger charge is 2.24. The van der Waals surface area contributed by atoms with Crippen molar-refractivity contribution in [1.29, 1.82) is 5.26 Å². The molecule has 0 aliphatic carbocycles. The van der Waals surface area contributed by atoms with Crippen LogP contribution in [0.3, 0.4) is 0 Å². The van der Waals surface area contributed by atoms with Crippen LogP contribution < -0.4 is 5.73 Å². The minimum absolute atomic E-state index is 0.00977. The topological polar surface area (TPSA) is 104 Å². The van der Waals surface area contributed by atoms with Gasteiger partial charge in [0.1, 0.15) is 17.5 Å². The quantitative estimate of drug-likeness (QED) is 0.395. The van der Waals surface area contributed by atoms with Gasteiger partial charge in [-0.3, -0.25) is 9.69 Å². The van der Waals surface area contributed by atoms with Gasteiger partial charge < -0.3 is 15.2 Å². The van der Waals surface area contributed by atoms with Crippen molar-refractivity contribution in [3.8, 4) is 17.2 Å². The molecule has 198 valence electrons. The number of nitriles is 1. The monoisotopic (exact) mass is 525 g/mol. The van der Waals surface area contributed by atoms with Crippen LogP contribution >= 0.6 is 0 Å². The number of carbonyl (C=O) groups excluding carboxylic acids is 1. The van der Waals surface area contributed by atoms with E-state index in [1.165, 1.54) is 6.07 Å². The van der Waals surface area contributed by atoms with Crippen LogP contribution in [-0.4, -0.2) is 57.3 Å². The fraction of sp³-hybridized carbons (Fsp3) is 0.290. The van der Waals surface area contributed by atoms with E-state index in [-0.39, 0.29) is 28.0 Å². The van der Waals surface area contributed by atoms with Crippen LogP contribution in [-0.2, 0) is 7.05 Å². The summed E-state index contributed by atoms with van der Waals surface area (Å²) in [5.74, 6) is -0.778. The molecule has 8 nitrogen and oxygen atoms in total. The molecule has 0 spiro atoms. The number of carbonyl (C=O) groups is 1.